The fraction of sp³-hybridized carbons (Fsp3) is 0.957. The minimum atomic E-state index is -1.74. The van der Waals surface area contributed by atoms with Gasteiger partial charge < -0.3 is 88.6 Å². The smallest absolute Gasteiger partial charge is 0.187 e. The Bertz CT molecular complexity index is 1670. The van der Waals surface area contributed by atoms with Crippen LogP contribution in [0.2, 0.25) is 0 Å². The van der Waals surface area contributed by atoms with Crippen LogP contribution in [0.25, 0.3) is 0 Å². The number of hydrogen-bond donors (Lipinski definition) is 9. The van der Waals surface area contributed by atoms with Crippen molar-refractivity contribution in [1.82, 2.24) is 0 Å². The van der Waals surface area contributed by atoms with Gasteiger partial charge in [0.2, 0.25) is 0 Å². The van der Waals surface area contributed by atoms with Gasteiger partial charge in [-0.15, -0.1) is 0 Å². The number of allylic oxidation sites excluding steroid dienone is 1. The van der Waals surface area contributed by atoms with E-state index in [1.165, 1.54) is 12.5 Å². The summed E-state index contributed by atoms with van der Waals surface area (Å²) in [6, 6.07) is 0. The zero-order valence-corrected chi connectivity index (χ0v) is 37.9. The van der Waals surface area contributed by atoms with Crippen molar-refractivity contribution >= 4 is 0 Å². The molecule has 9 aliphatic rings. The lowest BCUT2D eigenvalue weighted by molar-refractivity contribution is -0.368. The Hall–Kier alpha value is -0.980. The SMILES string of the molecule is COC1OC2(CCC1C)OC1CC3C4CC=C5CC(OC6OC(COC7OC(CO)C(O)C(O)C7O)C(OC7OC(C)C(O)C(O)C7O)C(O)C6O)CCC5(C)C4CCC3(C)C1C2C. The highest BCUT2D eigenvalue weighted by atomic mass is 16.8. The van der Waals surface area contributed by atoms with E-state index < -0.39 is 111 Å². The molecule has 1 spiro atoms. The number of methoxy groups -OCH3 is 1. The van der Waals surface area contributed by atoms with E-state index in [2.05, 4.69) is 33.8 Å². The van der Waals surface area contributed by atoms with Gasteiger partial charge in [-0.1, -0.05) is 39.3 Å². The summed E-state index contributed by atoms with van der Waals surface area (Å²) in [6.45, 7) is 9.74. The molecule has 0 aromatic carbocycles. The third kappa shape index (κ3) is 7.88. The Balaban J connectivity index is 0.881. The minimum absolute atomic E-state index is 0.0355. The quantitative estimate of drug-likeness (QED) is 0.140. The fourth-order valence-electron chi connectivity index (χ4n) is 14.2. The highest BCUT2D eigenvalue weighted by Crippen LogP contribution is 2.71. The van der Waals surface area contributed by atoms with Crippen LogP contribution in [0.5, 0.6) is 0 Å². The summed E-state index contributed by atoms with van der Waals surface area (Å²) < 4.78 is 55.3. The largest absolute Gasteiger partial charge is 0.394 e. The lowest BCUT2D eigenvalue weighted by Gasteiger charge is -2.59. The van der Waals surface area contributed by atoms with Gasteiger partial charge >= 0.3 is 0 Å². The van der Waals surface area contributed by atoms with Crippen LogP contribution in [-0.2, 0) is 42.6 Å². The molecule has 5 saturated heterocycles. The first-order valence-electron chi connectivity index (χ1n) is 23.9. The van der Waals surface area contributed by atoms with Gasteiger partial charge in [-0.3, -0.25) is 0 Å². The van der Waals surface area contributed by atoms with Gasteiger partial charge in [0.1, 0.15) is 67.1 Å². The van der Waals surface area contributed by atoms with Crippen molar-refractivity contribution in [3.63, 3.8) is 0 Å². The van der Waals surface area contributed by atoms with E-state index in [-0.39, 0.29) is 35.2 Å². The normalized spacial score (nSPS) is 57.4. The summed E-state index contributed by atoms with van der Waals surface area (Å²) in [4.78, 5) is 0. The van der Waals surface area contributed by atoms with Crippen LogP contribution in [0.15, 0.2) is 11.6 Å². The second-order valence-corrected chi connectivity index (χ2v) is 21.4. The molecular weight excluding hydrogens is 840 g/mol. The molecule has 27 atom stereocenters. The van der Waals surface area contributed by atoms with Crippen LogP contribution in [0.4, 0.5) is 0 Å². The summed E-state index contributed by atoms with van der Waals surface area (Å²) in [5, 5.41) is 95.7. The highest BCUT2D eigenvalue weighted by Gasteiger charge is 2.69. The highest BCUT2D eigenvalue weighted by molar-refractivity contribution is 5.26. The first-order chi connectivity index (χ1) is 30.3. The van der Waals surface area contributed by atoms with Crippen LogP contribution in [0.3, 0.4) is 0 Å². The average molecular weight is 915 g/mol. The Morgan fingerprint density at radius 2 is 1.38 bits per heavy atom. The van der Waals surface area contributed by atoms with Gasteiger partial charge in [0.15, 0.2) is 30.9 Å². The summed E-state index contributed by atoms with van der Waals surface area (Å²) in [5.74, 6) is 1.98. The molecule has 8 fully saturated rings. The molecule has 0 amide bonds. The van der Waals surface area contributed by atoms with Crippen molar-refractivity contribution in [3.05, 3.63) is 11.6 Å². The molecule has 0 aromatic rings. The Kier molecular flexibility index (Phi) is 13.6. The number of rotatable bonds is 9. The third-order valence-electron chi connectivity index (χ3n) is 18.0. The summed E-state index contributed by atoms with van der Waals surface area (Å²) >= 11 is 0. The van der Waals surface area contributed by atoms with Gasteiger partial charge in [-0.05, 0) is 92.8 Å². The van der Waals surface area contributed by atoms with E-state index >= 15 is 0 Å². The molecule has 366 valence electrons. The lowest BCUT2D eigenvalue weighted by atomic mass is 9.47. The van der Waals surface area contributed by atoms with Crippen molar-refractivity contribution < 1.29 is 88.6 Å². The molecule has 27 unspecified atom stereocenters. The number of aliphatic hydroxyl groups excluding tert-OH is 9. The van der Waals surface area contributed by atoms with Crippen LogP contribution in [0.1, 0.15) is 92.4 Å². The summed E-state index contributed by atoms with van der Waals surface area (Å²) in [7, 11) is 1.72. The van der Waals surface area contributed by atoms with Crippen LogP contribution in [-0.4, -0.2) is 183 Å². The van der Waals surface area contributed by atoms with Crippen molar-refractivity contribution in [2.75, 3.05) is 20.3 Å². The predicted molar refractivity (Wildman–Crippen MR) is 220 cm³/mol. The third-order valence-corrected chi connectivity index (χ3v) is 18.0. The maximum Gasteiger partial charge on any atom is 0.187 e. The van der Waals surface area contributed by atoms with E-state index in [1.54, 1.807) is 7.11 Å². The molecule has 18 heteroatoms. The molecule has 4 aliphatic carbocycles. The molecule has 9 rings (SSSR count). The van der Waals surface area contributed by atoms with Crippen molar-refractivity contribution in [1.29, 1.82) is 0 Å². The number of fused-ring (bicyclic) bond motifs is 7. The molecular formula is C46H74O18. The maximum absolute atomic E-state index is 11.6. The first kappa shape index (κ1) is 48.1. The van der Waals surface area contributed by atoms with E-state index in [0.29, 0.717) is 42.4 Å². The van der Waals surface area contributed by atoms with Gasteiger partial charge in [-0.2, -0.15) is 0 Å². The van der Waals surface area contributed by atoms with Gasteiger partial charge in [0.05, 0.1) is 31.5 Å². The molecule has 9 N–H and O–H groups in total. The Labute approximate surface area is 375 Å². The summed E-state index contributed by atoms with van der Waals surface area (Å²) in [5.41, 5.74) is 1.44. The van der Waals surface area contributed by atoms with Crippen molar-refractivity contribution in [2.24, 2.45) is 46.3 Å². The van der Waals surface area contributed by atoms with Crippen LogP contribution in [0, 0.1) is 46.3 Å². The lowest BCUT2D eigenvalue weighted by Crippen LogP contribution is -2.65. The van der Waals surface area contributed by atoms with Gasteiger partial charge in [0, 0.05) is 25.4 Å². The van der Waals surface area contributed by atoms with Crippen molar-refractivity contribution in [3.8, 4) is 0 Å². The molecule has 5 aliphatic heterocycles. The minimum Gasteiger partial charge on any atom is -0.394 e. The second kappa shape index (κ2) is 18.1. The standard InChI is InChI=1S/C46H74O18/c1-19-9-14-46(64-40(19)56-6)20(2)30-27(63-46)16-26-24-8-7-22-15-23(10-12-44(22,4)25(24)11-13-45(26,30)5)59-43-38(55)35(52)39(62-42-37(54)33(50)31(48)21(3)58-42)29(61-43)18-57-41-36(53)34(51)32(49)28(17-47)60-41/h7,19-21,23-43,47-55H,8-18H2,1-6H3. The fourth-order valence-corrected chi connectivity index (χ4v) is 14.2. The average Bonchev–Trinajstić information content (AvgIpc) is 3.72. The van der Waals surface area contributed by atoms with Crippen molar-refractivity contribution in [2.45, 2.75) is 209 Å². The Morgan fingerprint density at radius 3 is 2.11 bits per heavy atom. The number of aliphatic hydroxyl groups is 9. The van der Waals surface area contributed by atoms with E-state index in [4.69, 9.17) is 42.6 Å². The van der Waals surface area contributed by atoms with E-state index in [1.807, 2.05) is 0 Å². The zero-order valence-electron chi connectivity index (χ0n) is 37.9. The summed E-state index contributed by atoms with van der Waals surface area (Å²) in [6.07, 6.45) is -12.4. The van der Waals surface area contributed by atoms with E-state index in [0.717, 1.165) is 44.9 Å². The van der Waals surface area contributed by atoms with Crippen LogP contribution >= 0.6 is 0 Å². The van der Waals surface area contributed by atoms with Gasteiger partial charge in [0.25, 0.3) is 0 Å². The van der Waals surface area contributed by atoms with Crippen LogP contribution < -0.4 is 0 Å². The topological polar surface area (TPSA) is 265 Å². The molecule has 0 aromatic heterocycles. The molecule has 64 heavy (non-hydrogen) atoms. The molecule has 3 saturated carbocycles. The second-order valence-electron chi connectivity index (χ2n) is 21.4. The van der Waals surface area contributed by atoms with Gasteiger partial charge in [-0.25, -0.2) is 0 Å². The van der Waals surface area contributed by atoms with E-state index in [9.17, 15) is 46.0 Å². The first-order valence-corrected chi connectivity index (χ1v) is 23.9. The zero-order chi connectivity index (χ0) is 45.8. The molecule has 0 radical (unpaired) electrons. The molecule has 0 bridgehead atoms. The Morgan fingerprint density at radius 1 is 0.688 bits per heavy atom. The maximum atomic E-state index is 11.6. The molecule has 5 heterocycles. The number of hydrogen-bond acceptors (Lipinski definition) is 18. The monoisotopic (exact) mass is 914 g/mol. The predicted octanol–water partition coefficient (Wildman–Crippen LogP) is 0.187. The molecule has 18 nitrogen and oxygen atoms in total. The number of ether oxygens (including phenoxy) is 9.